The van der Waals surface area contributed by atoms with Gasteiger partial charge in [0.25, 0.3) is 0 Å². The molecule has 0 amide bonds. The van der Waals surface area contributed by atoms with Crippen molar-refractivity contribution in [3.8, 4) is 0 Å². The maximum absolute atomic E-state index is 12.9. The molecule has 3 atom stereocenters. The first-order valence-electron chi connectivity index (χ1n) is 4.13. The highest BCUT2D eigenvalue weighted by Gasteiger charge is 2.37. The van der Waals surface area contributed by atoms with Gasteiger partial charge in [0.05, 0.1) is 0 Å². The fourth-order valence-electron chi connectivity index (χ4n) is 1.60. The van der Waals surface area contributed by atoms with Crippen LogP contribution in [0.5, 0.6) is 0 Å². The van der Waals surface area contributed by atoms with Crippen molar-refractivity contribution in [2.75, 3.05) is 7.05 Å². The normalized spacial score (nSPS) is 44.0. The van der Waals surface area contributed by atoms with E-state index in [1.165, 1.54) is 12.2 Å². The van der Waals surface area contributed by atoms with Crippen LogP contribution in [0.15, 0.2) is 0 Å². The standard InChI is InChI=1S/C7H12FNO2S/c1-9-10-7-4-5(8)2-3-6(7)11-12-9/h5-7H,2-4H2,1H3. The Labute approximate surface area is 75.5 Å². The van der Waals surface area contributed by atoms with Gasteiger partial charge in [0, 0.05) is 13.5 Å². The molecular weight excluding hydrogens is 181 g/mol. The second kappa shape index (κ2) is 3.49. The first-order chi connectivity index (χ1) is 5.75. The maximum atomic E-state index is 12.9. The summed E-state index contributed by atoms with van der Waals surface area (Å²) in [6.07, 6.45) is 1.13. The third kappa shape index (κ3) is 1.74. The predicted octanol–water partition coefficient (Wildman–Crippen LogP) is 1.70. The molecule has 12 heavy (non-hydrogen) atoms. The molecule has 1 saturated carbocycles. The number of nitrogens with zero attached hydrogens (tertiary/aromatic N) is 1. The van der Waals surface area contributed by atoms with Crippen LogP contribution in [-0.2, 0) is 9.02 Å². The molecule has 3 nitrogen and oxygen atoms in total. The van der Waals surface area contributed by atoms with Gasteiger partial charge in [0.2, 0.25) is 0 Å². The lowest BCUT2D eigenvalue weighted by molar-refractivity contribution is -0.188. The van der Waals surface area contributed by atoms with Crippen molar-refractivity contribution in [3.05, 3.63) is 0 Å². The lowest BCUT2D eigenvalue weighted by Crippen LogP contribution is -2.43. The van der Waals surface area contributed by atoms with Gasteiger partial charge in [-0.2, -0.15) is 0 Å². The van der Waals surface area contributed by atoms with E-state index in [4.69, 9.17) is 9.02 Å². The van der Waals surface area contributed by atoms with Gasteiger partial charge in [-0.1, -0.05) is 0 Å². The van der Waals surface area contributed by atoms with Gasteiger partial charge < -0.3 is 0 Å². The molecule has 1 heterocycles. The molecular formula is C7H12FNO2S. The molecule has 0 bridgehead atoms. The van der Waals surface area contributed by atoms with Crippen molar-refractivity contribution in [3.63, 3.8) is 0 Å². The molecule has 1 aliphatic heterocycles. The highest BCUT2D eigenvalue weighted by molar-refractivity contribution is 7.92. The number of alkyl halides is 1. The summed E-state index contributed by atoms with van der Waals surface area (Å²) in [7, 11) is 1.77. The zero-order valence-corrected chi connectivity index (χ0v) is 7.72. The van der Waals surface area contributed by atoms with Crippen molar-refractivity contribution in [2.45, 2.75) is 37.6 Å². The summed E-state index contributed by atoms with van der Waals surface area (Å²) in [5.74, 6) is 0. The van der Waals surface area contributed by atoms with E-state index in [0.29, 0.717) is 12.8 Å². The van der Waals surface area contributed by atoms with Gasteiger partial charge in [0.1, 0.15) is 30.6 Å². The monoisotopic (exact) mass is 193 g/mol. The van der Waals surface area contributed by atoms with E-state index in [9.17, 15) is 4.39 Å². The summed E-state index contributed by atoms with van der Waals surface area (Å²) in [6, 6.07) is 0. The molecule has 2 aliphatic rings. The Kier molecular flexibility index (Phi) is 2.55. The molecule has 0 spiro atoms. The SMILES string of the molecule is CN1OC2CC(F)CCC2OS1. The number of halogens is 1. The molecule has 1 saturated heterocycles. The van der Waals surface area contributed by atoms with E-state index in [1.807, 2.05) is 0 Å². The molecule has 0 aromatic heterocycles. The highest BCUT2D eigenvalue weighted by Crippen LogP contribution is 2.34. The highest BCUT2D eigenvalue weighted by atomic mass is 32.2. The van der Waals surface area contributed by atoms with Crippen molar-refractivity contribution < 1.29 is 13.4 Å². The van der Waals surface area contributed by atoms with Crippen LogP contribution in [0.2, 0.25) is 0 Å². The Hall–Kier alpha value is 0.160. The van der Waals surface area contributed by atoms with Gasteiger partial charge in [-0.05, 0) is 12.8 Å². The Bertz CT molecular complexity index is 155. The third-order valence-corrected chi connectivity index (χ3v) is 2.85. The van der Waals surface area contributed by atoms with Gasteiger partial charge in [-0.25, -0.2) is 4.39 Å². The molecule has 0 N–H and O–H groups in total. The van der Waals surface area contributed by atoms with Crippen LogP contribution in [0.1, 0.15) is 19.3 Å². The first kappa shape index (κ1) is 8.74. The molecule has 0 aromatic rings. The summed E-state index contributed by atoms with van der Waals surface area (Å²) >= 11 is 1.19. The maximum Gasteiger partial charge on any atom is 0.111 e. The topological polar surface area (TPSA) is 21.7 Å². The van der Waals surface area contributed by atoms with Crippen LogP contribution in [0.3, 0.4) is 0 Å². The van der Waals surface area contributed by atoms with Crippen molar-refractivity contribution >= 4 is 12.2 Å². The lowest BCUT2D eigenvalue weighted by Gasteiger charge is -2.38. The number of hydroxylamine groups is 1. The number of hydrogen-bond acceptors (Lipinski definition) is 4. The Morgan fingerprint density at radius 2 is 2.25 bits per heavy atom. The summed E-state index contributed by atoms with van der Waals surface area (Å²) in [6.45, 7) is 0. The number of fused-ring (bicyclic) bond motifs is 1. The second-order valence-electron chi connectivity index (χ2n) is 3.20. The predicted molar refractivity (Wildman–Crippen MR) is 43.8 cm³/mol. The molecule has 0 aromatic carbocycles. The third-order valence-electron chi connectivity index (χ3n) is 2.22. The molecule has 0 radical (unpaired) electrons. The first-order valence-corrected chi connectivity index (χ1v) is 4.83. The minimum absolute atomic E-state index is 0.0817. The van der Waals surface area contributed by atoms with Crippen LogP contribution in [0.25, 0.3) is 0 Å². The zero-order valence-electron chi connectivity index (χ0n) is 6.90. The van der Waals surface area contributed by atoms with E-state index in [1.54, 1.807) is 11.5 Å². The smallest absolute Gasteiger partial charge is 0.111 e. The second-order valence-corrected chi connectivity index (χ2v) is 4.06. The Balaban J connectivity index is 1.94. The van der Waals surface area contributed by atoms with Crippen LogP contribution < -0.4 is 0 Å². The van der Waals surface area contributed by atoms with E-state index in [2.05, 4.69) is 0 Å². The average molecular weight is 193 g/mol. The summed E-state index contributed by atoms with van der Waals surface area (Å²) in [4.78, 5) is 5.39. The summed E-state index contributed by atoms with van der Waals surface area (Å²) in [5, 5.41) is 0. The molecule has 1 aliphatic carbocycles. The van der Waals surface area contributed by atoms with Crippen LogP contribution >= 0.6 is 12.2 Å². The van der Waals surface area contributed by atoms with Gasteiger partial charge >= 0.3 is 0 Å². The fraction of sp³-hybridized carbons (Fsp3) is 1.00. The van der Waals surface area contributed by atoms with E-state index in [0.717, 1.165) is 6.42 Å². The molecule has 2 rings (SSSR count). The largest absolute Gasteiger partial charge is 0.293 e. The molecule has 2 fully saturated rings. The average Bonchev–Trinajstić information content (AvgIpc) is 2.03. The van der Waals surface area contributed by atoms with E-state index in [-0.39, 0.29) is 12.2 Å². The van der Waals surface area contributed by atoms with Crippen LogP contribution in [0.4, 0.5) is 4.39 Å². The minimum atomic E-state index is -0.716. The number of rotatable bonds is 0. The van der Waals surface area contributed by atoms with Crippen molar-refractivity contribution in [1.29, 1.82) is 0 Å². The van der Waals surface area contributed by atoms with Gasteiger partial charge in [0.15, 0.2) is 0 Å². The van der Waals surface area contributed by atoms with Crippen LogP contribution in [-0.4, -0.2) is 29.9 Å². The van der Waals surface area contributed by atoms with E-state index < -0.39 is 6.17 Å². The fourth-order valence-corrected chi connectivity index (χ4v) is 2.20. The molecule has 5 heteroatoms. The molecule has 70 valence electrons. The quantitative estimate of drug-likeness (QED) is 0.431. The molecule has 3 unspecified atom stereocenters. The summed E-state index contributed by atoms with van der Waals surface area (Å²) < 4.78 is 19.9. The van der Waals surface area contributed by atoms with Gasteiger partial charge in [-0.3, -0.25) is 9.02 Å². The van der Waals surface area contributed by atoms with Crippen molar-refractivity contribution in [1.82, 2.24) is 4.47 Å². The minimum Gasteiger partial charge on any atom is -0.293 e. The zero-order chi connectivity index (χ0) is 8.55. The number of hydrogen-bond donors (Lipinski definition) is 0. The van der Waals surface area contributed by atoms with E-state index >= 15 is 0 Å². The Morgan fingerprint density at radius 1 is 1.42 bits per heavy atom. The lowest BCUT2D eigenvalue weighted by atomic mass is 9.93. The summed E-state index contributed by atoms with van der Waals surface area (Å²) in [5.41, 5.74) is 0. The Morgan fingerprint density at radius 3 is 3.08 bits per heavy atom. The van der Waals surface area contributed by atoms with Gasteiger partial charge in [-0.15, -0.1) is 4.47 Å². The van der Waals surface area contributed by atoms with Crippen molar-refractivity contribution in [2.24, 2.45) is 0 Å². The van der Waals surface area contributed by atoms with Crippen LogP contribution in [0, 0.1) is 0 Å².